The molecule has 4 nitrogen and oxygen atoms in total. The summed E-state index contributed by atoms with van der Waals surface area (Å²) in [7, 11) is 3.20. The van der Waals surface area contributed by atoms with Crippen molar-refractivity contribution < 1.29 is 18.7 Å². The molecule has 2 aromatic carbocycles. The zero-order valence-corrected chi connectivity index (χ0v) is 14.7. The molecule has 1 amide bonds. The van der Waals surface area contributed by atoms with Crippen molar-refractivity contribution >= 4 is 5.91 Å². The number of methoxy groups -OCH3 is 2. The van der Waals surface area contributed by atoms with Gasteiger partial charge in [0.15, 0.2) is 11.5 Å². The molecule has 0 saturated carbocycles. The van der Waals surface area contributed by atoms with Crippen molar-refractivity contribution in [1.82, 2.24) is 4.90 Å². The van der Waals surface area contributed by atoms with Crippen LogP contribution in [0.3, 0.4) is 0 Å². The number of halogens is 1. The summed E-state index contributed by atoms with van der Waals surface area (Å²) in [6, 6.07) is 9.98. The van der Waals surface area contributed by atoms with Gasteiger partial charge in [-0.25, -0.2) is 4.39 Å². The average molecular weight is 343 g/mol. The second kappa shape index (κ2) is 7.13. The predicted octanol–water partition coefficient (Wildman–Crippen LogP) is 3.73. The minimum atomic E-state index is -0.291. The van der Waals surface area contributed by atoms with Gasteiger partial charge < -0.3 is 14.4 Å². The molecule has 0 bridgehead atoms. The van der Waals surface area contributed by atoms with Gasteiger partial charge in [0.1, 0.15) is 5.82 Å². The molecule has 2 aromatic rings. The fraction of sp³-hybridized carbons (Fsp3) is 0.350. The lowest BCUT2D eigenvalue weighted by atomic mass is 9.87. The fourth-order valence-electron chi connectivity index (χ4n) is 3.42. The van der Waals surface area contributed by atoms with E-state index in [1.165, 1.54) is 12.1 Å². The van der Waals surface area contributed by atoms with Crippen LogP contribution >= 0.6 is 0 Å². The number of nitrogens with zero attached hydrogens (tertiary/aromatic N) is 1. The number of carbonyl (C=O) groups excluding carboxylic acids is 1. The molecule has 5 heteroatoms. The van der Waals surface area contributed by atoms with E-state index in [1.807, 2.05) is 24.0 Å². The van der Waals surface area contributed by atoms with E-state index in [-0.39, 0.29) is 17.8 Å². The Labute approximate surface area is 147 Å². The number of ether oxygens (including phenoxy) is 2. The molecule has 25 heavy (non-hydrogen) atoms. The Morgan fingerprint density at radius 3 is 2.40 bits per heavy atom. The highest BCUT2D eigenvalue weighted by molar-refractivity contribution is 5.77. The molecule has 0 aromatic heterocycles. The van der Waals surface area contributed by atoms with E-state index in [4.69, 9.17) is 9.47 Å². The molecule has 132 valence electrons. The number of hydrogen-bond acceptors (Lipinski definition) is 3. The zero-order chi connectivity index (χ0) is 18.0. The molecule has 1 aliphatic rings. The van der Waals surface area contributed by atoms with Crippen molar-refractivity contribution in [3.63, 3.8) is 0 Å². The minimum Gasteiger partial charge on any atom is -0.493 e. The molecule has 1 atom stereocenters. The van der Waals surface area contributed by atoms with Crippen molar-refractivity contribution in [1.29, 1.82) is 0 Å². The third-order valence-electron chi connectivity index (χ3n) is 4.68. The fourth-order valence-corrected chi connectivity index (χ4v) is 3.42. The predicted molar refractivity (Wildman–Crippen MR) is 93.5 cm³/mol. The molecule has 1 aliphatic heterocycles. The van der Waals surface area contributed by atoms with Crippen molar-refractivity contribution in [2.45, 2.75) is 25.8 Å². The van der Waals surface area contributed by atoms with E-state index < -0.39 is 0 Å². The monoisotopic (exact) mass is 343 g/mol. The van der Waals surface area contributed by atoms with E-state index >= 15 is 0 Å². The summed E-state index contributed by atoms with van der Waals surface area (Å²) in [6.45, 7) is 2.48. The van der Waals surface area contributed by atoms with E-state index in [9.17, 15) is 9.18 Å². The van der Waals surface area contributed by atoms with Crippen LogP contribution in [-0.2, 0) is 11.2 Å². The molecule has 1 heterocycles. The maximum atomic E-state index is 13.4. The molecule has 0 radical (unpaired) electrons. The Morgan fingerprint density at radius 1 is 1.16 bits per heavy atom. The van der Waals surface area contributed by atoms with Gasteiger partial charge in [-0.05, 0) is 47.4 Å². The second-order valence-corrected chi connectivity index (χ2v) is 6.05. The Kier molecular flexibility index (Phi) is 4.93. The summed E-state index contributed by atoms with van der Waals surface area (Å²) in [5, 5.41) is 0. The molecule has 0 N–H and O–H groups in total. The smallest absolute Gasteiger partial charge is 0.223 e. The number of carbonyl (C=O) groups is 1. The second-order valence-electron chi connectivity index (χ2n) is 6.05. The standard InChI is InChI=1S/C20H22FNO3/c1-4-19(23)22-10-9-14-11-17(24-2)18(25-3)12-16(14)20(22)13-5-7-15(21)8-6-13/h5-8,11-12,20H,4,9-10H2,1-3H3. The van der Waals surface area contributed by atoms with Gasteiger partial charge in [-0.2, -0.15) is 0 Å². The lowest BCUT2D eigenvalue weighted by molar-refractivity contribution is -0.132. The number of benzene rings is 2. The van der Waals surface area contributed by atoms with Gasteiger partial charge in [-0.1, -0.05) is 19.1 Å². The summed E-state index contributed by atoms with van der Waals surface area (Å²) < 4.78 is 24.2. The maximum absolute atomic E-state index is 13.4. The van der Waals surface area contributed by atoms with Gasteiger partial charge in [-0.3, -0.25) is 4.79 Å². The summed E-state index contributed by atoms with van der Waals surface area (Å²) in [5.74, 6) is 1.09. The van der Waals surface area contributed by atoms with Crippen LogP contribution in [0, 0.1) is 5.82 Å². The molecule has 0 aliphatic carbocycles. The van der Waals surface area contributed by atoms with E-state index in [1.54, 1.807) is 26.4 Å². The van der Waals surface area contributed by atoms with Gasteiger partial charge in [0.2, 0.25) is 5.91 Å². The largest absolute Gasteiger partial charge is 0.493 e. The number of rotatable bonds is 4. The Hall–Kier alpha value is -2.56. The van der Waals surface area contributed by atoms with E-state index in [2.05, 4.69) is 0 Å². The minimum absolute atomic E-state index is 0.0785. The van der Waals surface area contributed by atoms with Crippen LogP contribution in [0.4, 0.5) is 4.39 Å². The van der Waals surface area contributed by atoms with Crippen molar-refractivity contribution in [3.8, 4) is 11.5 Å². The topological polar surface area (TPSA) is 38.8 Å². The Morgan fingerprint density at radius 2 is 1.80 bits per heavy atom. The first-order valence-electron chi connectivity index (χ1n) is 8.38. The van der Waals surface area contributed by atoms with Crippen LogP contribution in [0.1, 0.15) is 36.1 Å². The van der Waals surface area contributed by atoms with E-state index in [0.29, 0.717) is 24.5 Å². The lowest BCUT2D eigenvalue weighted by Crippen LogP contribution is -2.40. The Bertz CT molecular complexity index is 773. The van der Waals surface area contributed by atoms with Crippen LogP contribution in [0.2, 0.25) is 0 Å². The number of fused-ring (bicyclic) bond motifs is 1. The first-order valence-corrected chi connectivity index (χ1v) is 8.38. The third kappa shape index (κ3) is 3.18. The van der Waals surface area contributed by atoms with Crippen LogP contribution in [0.25, 0.3) is 0 Å². The van der Waals surface area contributed by atoms with Gasteiger partial charge in [0, 0.05) is 13.0 Å². The van der Waals surface area contributed by atoms with E-state index in [0.717, 1.165) is 23.1 Å². The summed E-state index contributed by atoms with van der Waals surface area (Å²) in [5.41, 5.74) is 3.00. The molecule has 0 fully saturated rings. The highest BCUT2D eigenvalue weighted by Crippen LogP contribution is 2.41. The highest BCUT2D eigenvalue weighted by Gasteiger charge is 2.32. The first-order chi connectivity index (χ1) is 12.1. The zero-order valence-electron chi connectivity index (χ0n) is 14.7. The maximum Gasteiger partial charge on any atom is 0.223 e. The molecule has 3 rings (SSSR count). The number of hydrogen-bond donors (Lipinski definition) is 0. The van der Waals surface area contributed by atoms with Gasteiger partial charge >= 0.3 is 0 Å². The quantitative estimate of drug-likeness (QED) is 0.849. The van der Waals surface area contributed by atoms with Gasteiger partial charge in [-0.15, -0.1) is 0 Å². The summed E-state index contributed by atoms with van der Waals surface area (Å²) >= 11 is 0. The molecule has 0 spiro atoms. The molecule has 1 unspecified atom stereocenters. The molecular formula is C20H22FNO3. The van der Waals surface area contributed by atoms with Crippen LogP contribution < -0.4 is 9.47 Å². The van der Waals surface area contributed by atoms with Crippen LogP contribution in [0.5, 0.6) is 11.5 Å². The lowest BCUT2D eigenvalue weighted by Gasteiger charge is -2.38. The number of amides is 1. The van der Waals surface area contributed by atoms with Gasteiger partial charge in [0.25, 0.3) is 0 Å². The van der Waals surface area contributed by atoms with Gasteiger partial charge in [0.05, 0.1) is 20.3 Å². The summed E-state index contributed by atoms with van der Waals surface area (Å²) in [4.78, 5) is 14.4. The van der Waals surface area contributed by atoms with Crippen molar-refractivity contribution in [2.75, 3.05) is 20.8 Å². The normalized spacial score (nSPS) is 16.3. The van der Waals surface area contributed by atoms with Crippen LogP contribution in [0.15, 0.2) is 36.4 Å². The first kappa shape index (κ1) is 17.3. The molecular weight excluding hydrogens is 321 g/mol. The SMILES string of the molecule is CCC(=O)N1CCc2cc(OC)c(OC)cc2C1c1ccc(F)cc1. The van der Waals surface area contributed by atoms with Crippen molar-refractivity contribution in [2.24, 2.45) is 0 Å². The summed E-state index contributed by atoms with van der Waals surface area (Å²) in [6.07, 6.45) is 1.18. The average Bonchev–Trinajstić information content (AvgIpc) is 2.66. The highest BCUT2D eigenvalue weighted by atomic mass is 19.1. The van der Waals surface area contributed by atoms with Crippen LogP contribution in [-0.4, -0.2) is 31.6 Å². The Balaban J connectivity index is 2.15. The third-order valence-corrected chi connectivity index (χ3v) is 4.68. The van der Waals surface area contributed by atoms with Crippen molar-refractivity contribution in [3.05, 3.63) is 58.9 Å². The molecule has 0 saturated heterocycles.